The van der Waals surface area contributed by atoms with Crippen LogP contribution in [0, 0.1) is 11.6 Å². The Balaban J connectivity index is 2.10. The molecule has 2 N–H and O–H groups in total. The molecular weight excluding hydrogens is 252 g/mol. The van der Waals surface area contributed by atoms with Gasteiger partial charge in [-0.25, -0.2) is 8.78 Å². The molecular formula is C14H11F2NO2. The average molecular weight is 263 g/mol. The first kappa shape index (κ1) is 13.0. The molecule has 0 radical (unpaired) electrons. The van der Waals surface area contributed by atoms with Gasteiger partial charge in [0.05, 0.1) is 0 Å². The van der Waals surface area contributed by atoms with Crippen LogP contribution in [0.5, 0.6) is 5.75 Å². The fourth-order valence-electron chi connectivity index (χ4n) is 1.60. The summed E-state index contributed by atoms with van der Waals surface area (Å²) in [6, 6.07) is 9.41. The maximum Gasteiger partial charge on any atom is 0.248 e. The molecule has 3 nitrogen and oxygen atoms in total. The molecule has 2 aromatic carbocycles. The molecule has 0 unspecified atom stereocenters. The van der Waals surface area contributed by atoms with Crippen LogP contribution in [0.3, 0.4) is 0 Å². The summed E-state index contributed by atoms with van der Waals surface area (Å²) < 4.78 is 31.3. The number of hydrogen-bond donors (Lipinski definition) is 1. The normalized spacial score (nSPS) is 10.2. The minimum absolute atomic E-state index is 0.00308. The van der Waals surface area contributed by atoms with Gasteiger partial charge in [0.25, 0.3) is 0 Å². The summed E-state index contributed by atoms with van der Waals surface area (Å²) in [5.41, 5.74) is 5.81. The van der Waals surface area contributed by atoms with Gasteiger partial charge in [-0.3, -0.25) is 4.79 Å². The number of benzene rings is 2. The molecule has 0 aliphatic carbocycles. The molecule has 5 heteroatoms. The van der Waals surface area contributed by atoms with E-state index in [9.17, 15) is 13.6 Å². The van der Waals surface area contributed by atoms with Crippen LogP contribution in [0.15, 0.2) is 42.5 Å². The van der Waals surface area contributed by atoms with Crippen LogP contribution < -0.4 is 10.5 Å². The number of nitrogens with two attached hydrogens (primary N) is 1. The molecule has 0 aromatic heterocycles. The number of carbonyl (C=O) groups excluding carboxylic acids is 1. The van der Waals surface area contributed by atoms with E-state index >= 15 is 0 Å². The Hall–Kier alpha value is -2.43. The van der Waals surface area contributed by atoms with Gasteiger partial charge in [-0.15, -0.1) is 0 Å². The van der Waals surface area contributed by atoms with Crippen LogP contribution in [-0.4, -0.2) is 5.91 Å². The van der Waals surface area contributed by atoms with Gasteiger partial charge in [0.2, 0.25) is 5.91 Å². The van der Waals surface area contributed by atoms with E-state index in [1.54, 1.807) is 18.2 Å². The second-order valence-corrected chi connectivity index (χ2v) is 3.96. The highest BCUT2D eigenvalue weighted by atomic mass is 19.1. The van der Waals surface area contributed by atoms with Crippen molar-refractivity contribution in [3.63, 3.8) is 0 Å². The zero-order valence-corrected chi connectivity index (χ0v) is 9.90. The SMILES string of the molecule is NC(=O)c1cccc(OCc2cc(F)cc(F)c2)c1. The summed E-state index contributed by atoms with van der Waals surface area (Å²) in [4.78, 5) is 11.0. The molecule has 0 aliphatic heterocycles. The predicted octanol–water partition coefficient (Wildman–Crippen LogP) is 2.64. The van der Waals surface area contributed by atoms with Crippen molar-refractivity contribution in [3.05, 3.63) is 65.2 Å². The lowest BCUT2D eigenvalue weighted by atomic mass is 10.2. The number of rotatable bonds is 4. The first-order valence-corrected chi connectivity index (χ1v) is 5.52. The van der Waals surface area contributed by atoms with Crippen molar-refractivity contribution in [1.29, 1.82) is 0 Å². The van der Waals surface area contributed by atoms with Crippen molar-refractivity contribution in [1.82, 2.24) is 0 Å². The number of ether oxygens (including phenoxy) is 1. The van der Waals surface area contributed by atoms with Gasteiger partial charge in [0, 0.05) is 11.6 Å². The first-order chi connectivity index (χ1) is 9.04. The largest absolute Gasteiger partial charge is 0.489 e. The Morgan fingerprint density at radius 2 is 1.79 bits per heavy atom. The molecule has 0 aliphatic rings. The standard InChI is InChI=1S/C14H11F2NO2/c15-11-4-9(5-12(16)7-11)8-19-13-3-1-2-10(6-13)14(17)18/h1-7H,8H2,(H2,17,18). The third-order valence-corrected chi connectivity index (χ3v) is 2.45. The quantitative estimate of drug-likeness (QED) is 0.921. The highest BCUT2D eigenvalue weighted by Gasteiger charge is 2.04. The highest BCUT2D eigenvalue weighted by molar-refractivity contribution is 5.93. The van der Waals surface area contributed by atoms with Gasteiger partial charge in [-0.1, -0.05) is 6.07 Å². The Bertz CT molecular complexity index is 594. The first-order valence-electron chi connectivity index (χ1n) is 5.52. The molecule has 0 saturated heterocycles. The summed E-state index contributed by atoms with van der Waals surface area (Å²) in [5.74, 6) is -1.49. The Kier molecular flexibility index (Phi) is 3.75. The van der Waals surface area contributed by atoms with Gasteiger partial charge in [0.1, 0.15) is 24.0 Å². The van der Waals surface area contributed by atoms with Crippen LogP contribution >= 0.6 is 0 Å². The summed E-state index contributed by atoms with van der Waals surface area (Å²) in [5, 5.41) is 0. The second kappa shape index (κ2) is 5.48. The van der Waals surface area contributed by atoms with Crippen molar-refractivity contribution in [3.8, 4) is 5.75 Å². The van der Waals surface area contributed by atoms with Crippen molar-refractivity contribution in [2.75, 3.05) is 0 Å². The minimum atomic E-state index is -0.663. The molecule has 0 spiro atoms. The summed E-state index contributed by atoms with van der Waals surface area (Å²) in [7, 11) is 0. The van der Waals surface area contributed by atoms with E-state index < -0.39 is 17.5 Å². The second-order valence-electron chi connectivity index (χ2n) is 3.96. The van der Waals surface area contributed by atoms with Crippen molar-refractivity contribution in [2.24, 2.45) is 5.73 Å². The Labute approximate surface area is 108 Å². The fraction of sp³-hybridized carbons (Fsp3) is 0.0714. The maximum atomic E-state index is 13.0. The summed E-state index contributed by atoms with van der Waals surface area (Å²) in [6.45, 7) is -0.00308. The zero-order valence-electron chi connectivity index (χ0n) is 9.90. The van der Waals surface area contributed by atoms with Crippen LogP contribution in [0.25, 0.3) is 0 Å². The third kappa shape index (κ3) is 3.51. The maximum absolute atomic E-state index is 13.0. The van der Waals surface area contributed by atoms with E-state index in [0.29, 0.717) is 16.9 Å². The number of hydrogen-bond acceptors (Lipinski definition) is 2. The van der Waals surface area contributed by atoms with Gasteiger partial charge >= 0.3 is 0 Å². The highest BCUT2D eigenvalue weighted by Crippen LogP contribution is 2.16. The number of halogens is 2. The lowest BCUT2D eigenvalue weighted by molar-refractivity contribution is 0.1000. The van der Waals surface area contributed by atoms with Gasteiger partial charge in [0.15, 0.2) is 0 Å². The number of carbonyl (C=O) groups is 1. The molecule has 2 rings (SSSR count). The van der Waals surface area contributed by atoms with Crippen LogP contribution in [0.1, 0.15) is 15.9 Å². The molecule has 1 amide bonds. The lowest BCUT2D eigenvalue weighted by Crippen LogP contribution is -2.10. The van der Waals surface area contributed by atoms with E-state index in [1.165, 1.54) is 18.2 Å². The molecule has 0 atom stereocenters. The van der Waals surface area contributed by atoms with Crippen molar-refractivity contribution >= 4 is 5.91 Å². The molecule has 19 heavy (non-hydrogen) atoms. The number of amides is 1. The van der Waals surface area contributed by atoms with Crippen molar-refractivity contribution in [2.45, 2.75) is 6.61 Å². The molecule has 0 saturated carbocycles. The lowest BCUT2D eigenvalue weighted by Gasteiger charge is -2.07. The van der Waals surface area contributed by atoms with Gasteiger partial charge in [-0.05, 0) is 35.9 Å². The monoisotopic (exact) mass is 263 g/mol. The topological polar surface area (TPSA) is 52.3 Å². The smallest absolute Gasteiger partial charge is 0.248 e. The van der Waals surface area contributed by atoms with Crippen LogP contribution in [0.4, 0.5) is 8.78 Å². The summed E-state index contributed by atoms with van der Waals surface area (Å²) >= 11 is 0. The van der Waals surface area contributed by atoms with Gasteiger partial charge in [-0.2, -0.15) is 0 Å². The van der Waals surface area contributed by atoms with Crippen LogP contribution in [0.2, 0.25) is 0 Å². The van der Waals surface area contributed by atoms with E-state index in [-0.39, 0.29) is 6.61 Å². The number of primary amides is 1. The van der Waals surface area contributed by atoms with E-state index in [1.807, 2.05) is 0 Å². The predicted molar refractivity (Wildman–Crippen MR) is 65.6 cm³/mol. The molecule has 0 bridgehead atoms. The fourth-order valence-corrected chi connectivity index (χ4v) is 1.60. The Morgan fingerprint density at radius 1 is 1.11 bits per heavy atom. The zero-order chi connectivity index (χ0) is 13.8. The van der Waals surface area contributed by atoms with Crippen LogP contribution in [-0.2, 0) is 6.61 Å². The van der Waals surface area contributed by atoms with E-state index in [2.05, 4.69) is 0 Å². The summed E-state index contributed by atoms with van der Waals surface area (Å²) in [6.07, 6.45) is 0. The molecule has 2 aromatic rings. The van der Waals surface area contributed by atoms with E-state index in [0.717, 1.165) is 6.07 Å². The Morgan fingerprint density at radius 3 is 2.42 bits per heavy atom. The van der Waals surface area contributed by atoms with Crippen molar-refractivity contribution < 1.29 is 18.3 Å². The molecule has 0 fully saturated rings. The van der Waals surface area contributed by atoms with E-state index in [4.69, 9.17) is 10.5 Å². The average Bonchev–Trinajstić information content (AvgIpc) is 2.35. The third-order valence-electron chi connectivity index (χ3n) is 2.45. The molecule has 0 heterocycles. The molecule has 98 valence electrons. The van der Waals surface area contributed by atoms with Gasteiger partial charge < -0.3 is 10.5 Å². The minimum Gasteiger partial charge on any atom is -0.489 e.